The molecule has 0 saturated heterocycles. The van der Waals surface area contributed by atoms with Crippen LogP contribution in [0.25, 0.3) is 0 Å². The van der Waals surface area contributed by atoms with Crippen LogP contribution in [0.1, 0.15) is 23.7 Å². The first-order chi connectivity index (χ1) is 10.1. The molecule has 0 aliphatic rings. The summed E-state index contributed by atoms with van der Waals surface area (Å²) < 4.78 is 0. The van der Waals surface area contributed by atoms with E-state index in [0.717, 1.165) is 18.7 Å². The zero-order valence-electron chi connectivity index (χ0n) is 11.6. The van der Waals surface area contributed by atoms with Crippen molar-refractivity contribution in [3.8, 4) is 0 Å². The van der Waals surface area contributed by atoms with E-state index in [4.69, 9.17) is 23.2 Å². The third-order valence-electron chi connectivity index (χ3n) is 2.87. The third-order valence-corrected chi connectivity index (χ3v) is 3.34. The van der Waals surface area contributed by atoms with E-state index in [-0.39, 0.29) is 5.91 Å². The van der Waals surface area contributed by atoms with Gasteiger partial charge < -0.3 is 10.6 Å². The van der Waals surface area contributed by atoms with Crippen molar-refractivity contribution in [1.82, 2.24) is 0 Å². The van der Waals surface area contributed by atoms with Crippen molar-refractivity contribution >= 4 is 40.5 Å². The predicted molar refractivity (Wildman–Crippen MR) is 89.6 cm³/mol. The number of anilines is 2. The Labute approximate surface area is 134 Å². The maximum atomic E-state index is 12.4. The number of rotatable bonds is 5. The van der Waals surface area contributed by atoms with Crippen LogP contribution >= 0.6 is 23.2 Å². The average Bonchev–Trinajstić information content (AvgIpc) is 2.46. The lowest BCUT2D eigenvalue weighted by molar-refractivity contribution is 0.102. The summed E-state index contributed by atoms with van der Waals surface area (Å²) in [5, 5.41) is 7.14. The van der Waals surface area contributed by atoms with Gasteiger partial charge in [-0.05, 0) is 42.8 Å². The molecule has 1 amide bonds. The highest BCUT2D eigenvalue weighted by Crippen LogP contribution is 2.23. The van der Waals surface area contributed by atoms with E-state index in [1.165, 1.54) is 0 Å². The quantitative estimate of drug-likeness (QED) is 0.807. The lowest BCUT2D eigenvalue weighted by Gasteiger charge is -2.12. The fraction of sp³-hybridized carbons (Fsp3) is 0.188. The van der Waals surface area contributed by atoms with Gasteiger partial charge in [0, 0.05) is 28.0 Å². The molecule has 0 atom stereocenters. The number of benzene rings is 2. The maximum Gasteiger partial charge on any atom is 0.257 e. The molecule has 0 unspecified atom stereocenters. The third kappa shape index (κ3) is 4.38. The van der Waals surface area contributed by atoms with Gasteiger partial charge >= 0.3 is 0 Å². The second-order valence-corrected chi connectivity index (χ2v) is 5.45. The molecule has 0 bridgehead atoms. The van der Waals surface area contributed by atoms with Gasteiger partial charge in [0.05, 0.1) is 5.56 Å². The summed E-state index contributed by atoms with van der Waals surface area (Å²) >= 11 is 11.9. The lowest BCUT2D eigenvalue weighted by Crippen LogP contribution is -2.15. The monoisotopic (exact) mass is 322 g/mol. The smallest absolute Gasteiger partial charge is 0.257 e. The minimum Gasteiger partial charge on any atom is -0.384 e. The van der Waals surface area contributed by atoms with Gasteiger partial charge in [-0.25, -0.2) is 0 Å². The number of carbonyl (C=O) groups excluding carboxylic acids is 1. The Morgan fingerprint density at radius 3 is 2.57 bits per heavy atom. The SMILES string of the molecule is CCCNc1ccc(Cl)cc1C(=O)Nc1cccc(Cl)c1. The van der Waals surface area contributed by atoms with Crippen LogP contribution in [0.2, 0.25) is 10.0 Å². The topological polar surface area (TPSA) is 41.1 Å². The molecule has 0 fully saturated rings. The Morgan fingerprint density at radius 1 is 1.10 bits per heavy atom. The molecule has 3 nitrogen and oxygen atoms in total. The normalized spacial score (nSPS) is 10.2. The first-order valence-corrected chi connectivity index (χ1v) is 7.46. The van der Waals surface area contributed by atoms with E-state index in [2.05, 4.69) is 17.6 Å². The Hall–Kier alpha value is -1.71. The highest BCUT2D eigenvalue weighted by atomic mass is 35.5. The second kappa shape index (κ2) is 7.34. The highest BCUT2D eigenvalue weighted by Gasteiger charge is 2.12. The minimum atomic E-state index is -0.224. The summed E-state index contributed by atoms with van der Waals surface area (Å²) in [6, 6.07) is 12.2. The van der Waals surface area contributed by atoms with E-state index < -0.39 is 0 Å². The molecule has 110 valence electrons. The van der Waals surface area contributed by atoms with Gasteiger partial charge in [-0.1, -0.05) is 36.2 Å². The number of carbonyl (C=O) groups is 1. The Kier molecular flexibility index (Phi) is 5.48. The van der Waals surface area contributed by atoms with E-state index in [9.17, 15) is 4.79 Å². The second-order valence-electron chi connectivity index (χ2n) is 4.58. The predicted octanol–water partition coefficient (Wildman–Crippen LogP) is 5.07. The number of hydrogen-bond donors (Lipinski definition) is 2. The van der Waals surface area contributed by atoms with Crippen LogP contribution in [0.3, 0.4) is 0 Å². The zero-order chi connectivity index (χ0) is 15.2. The number of halogens is 2. The van der Waals surface area contributed by atoms with Crippen molar-refractivity contribution in [2.75, 3.05) is 17.2 Å². The van der Waals surface area contributed by atoms with Gasteiger partial charge in [0.25, 0.3) is 5.91 Å². The van der Waals surface area contributed by atoms with Gasteiger partial charge in [-0.3, -0.25) is 4.79 Å². The Balaban J connectivity index is 2.23. The molecule has 0 heterocycles. The summed E-state index contributed by atoms with van der Waals surface area (Å²) in [7, 11) is 0. The minimum absolute atomic E-state index is 0.224. The van der Waals surface area contributed by atoms with E-state index >= 15 is 0 Å². The molecule has 0 aliphatic heterocycles. The van der Waals surface area contributed by atoms with Crippen LogP contribution in [0.15, 0.2) is 42.5 Å². The molecule has 0 saturated carbocycles. The molecule has 2 aromatic rings. The summed E-state index contributed by atoms with van der Waals surface area (Å²) in [4.78, 5) is 12.4. The average molecular weight is 323 g/mol. The summed E-state index contributed by atoms with van der Waals surface area (Å²) in [5.41, 5.74) is 1.92. The Morgan fingerprint density at radius 2 is 1.86 bits per heavy atom. The summed E-state index contributed by atoms with van der Waals surface area (Å²) in [6.45, 7) is 2.85. The Bertz CT molecular complexity index is 644. The van der Waals surface area contributed by atoms with Gasteiger partial charge in [-0.2, -0.15) is 0 Å². The number of amides is 1. The van der Waals surface area contributed by atoms with Crippen molar-refractivity contribution in [1.29, 1.82) is 0 Å². The van der Waals surface area contributed by atoms with Crippen LogP contribution < -0.4 is 10.6 Å². The van der Waals surface area contributed by atoms with Crippen molar-refractivity contribution in [2.24, 2.45) is 0 Å². The van der Waals surface area contributed by atoms with Crippen molar-refractivity contribution < 1.29 is 4.79 Å². The molecular weight excluding hydrogens is 307 g/mol. The maximum absolute atomic E-state index is 12.4. The van der Waals surface area contributed by atoms with E-state index in [1.54, 1.807) is 36.4 Å². The van der Waals surface area contributed by atoms with Crippen LogP contribution in [-0.4, -0.2) is 12.5 Å². The van der Waals surface area contributed by atoms with Crippen molar-refractivity contribution in [3.63, 3.8) is 0 Å². The molecule has 21 heavy (non-hydrogen) atoms. The fourth-order valence-electron chi connectivity index (χ4n) is 1.88. The first-order valence-electron chi connectivity index (χ1n) is 6.70. The standard InChI is InChI=1S/C16H16Cl2N2O/c1-2-8-19-15-7-6-12(18)10-14(15)16(21)20-13-5-3-4-11(17)9-13/h3-7,9-10,19H,2,8H2,1H3,(H,20,21). The van der Waals surface area contributed by atoms with Crippen LogP contribution in [0.5, 0.6) is 0 Å². The fourth-order valence-corrected chi connectivity index (χ4v) is 2.25. The first kappa shape index (κ1) is 15.7. The van der Waals surface area contributed by atoms with Crippen LogP contribution in [-0.2, 0) is 0 Å². The van der Waals surface area contributed by atoms with E-state index in [0.29, 0.717) is 21.3 Å². The largest absolute Gasteiger partial charge is 0.384 e. The van der Waals surface area contributed by atoms with Crippen LogP contribution in [0.4, 0.5) is 11.4 Å². The highest BCUT2D eigenvalue weighted by molar-refractivity contribution is 6.31. The van der Waals surface area contributed by atoms with Gasteiger partial charge in [0.1, 0.15) is 0 Å². The molecule has 2 rings (SSSR count). The molecule has 2 aromatic carbocycles. The molecule has 0 aromatic heterocycles. The molecular formula is C16H16Cl2N2O. The molecule has 2 N–H and O–H groups in total. The van der Waals surface area contributed by atoms with Gasteiger partial charge in [0.2, 0.25) is 0 Å². The summed E-state index contributed by atoms with van der Waals surface area (Å²) in [5.74, 6) is -0.224. The lowest BCUT2D eigenvalue weighted by atomic mass is 10.1. The van der Waals surface area contributed by atoms with Gasteiger partial charge in [0.15, 0.2) is 0 Å². The zero-order valence-corrected chi connectivity index (χ0v) is 13.1. The van der Waals surface area contributed by atoms with Crippen molar-refractivity contribution in [2.45, 2.75) is 13.3 Å². The molecule has 0 radical (unpaired) electrons. The van der Waals surface area contributed by atoms with Gasteiger partial charge in [-0.15, -0.1) is 0 Å². The summed E-state index contributed by atoms with van der Waals surface area (Å²) in [6.07, 6.45) is 0.970. The molecule has 0 aliphatic carbocycles. The number of hydrogen-bond acceptors (Lipinski definition) is 2. The number of nitrogens with one attached hydrogen (secondary N) is 2. The molecule has 5 heteroatoms. The van der Waals surface area contributed by atoms with Crippen LogP contribution in [0, 0.1) is 0 Å². The molecule has 0 spiro atoms. The van der Waals surface area contributed by atoms with E-state index in [1.807, 2.05) is 6.07 Å². The van der Waals surface area contributed by atoms with Crippen molar-refractivity contribution in [3.05, 3.63) is 58.1 Å².